The molecule has 1 aromatic heterocycles. The van der Waals surface area contributed by atoms with Crippen molar-refractivity contribution in [2.75, 3.05) is 6.61 Å². The van der Waals surface area contributed by atoms with Crippen molar-refractivity contribution in [2.24, 2.45) is 17.8 Å². The third kappa shape index (κ3) is 3.09. The molecule has 1 heterocycles. The largest absolute Gasteiger partial charge is 0.466 e. The van der Waals surface area contributed by atoms with E-state index >= 15 is 0 Å². The molecule has 0 saturated heterocycles. The molecule has 1 unspecified atom stereocenters. The van der Waals surface area contributed by atoms with Crippen LogP contribution in [0.4, 0.5) is 0 Å². The van der Waals surface area contributed by atoms with Gasteiger partial charge in [0.1, 0.15) is 6.29 Å². The van der Waals surface area contributed by atoms with Crippen LogP contribution in [0.25, 0.3) is 5.57 Å². The van der Waals surface area contributed by atoms with Crippen LogP contribution in [-0.4, -0.2) is 29.1 Å². The van der Waals surface area contributed by atoms with Gasteiger partial charge in [0.2, 0.25) is 0 Å². The van der Waals surface area contributed by atoms with Gasteiger partial charge >= 0.3 is 5.97 Å². The lowest BCUT2D eigenvalue weighted by molar-refractivity contribution is -0.149. The van der Waals surface area contributed by atoms with Crippen molar-refractivity contribution in [3.63, 3.8) is 0 Å². The number of hydrogen-bond acceptors (Lipinski definition) is 4. The van der Waals surface area contributed by atoms with Crippen molar-refractivity contribution >= 4 is 17.8 Å². The molecule has 0 amide bonds. The third-order valence-corrected chi connectivity index (χ3v) is 5.09. The Kier molecular flexibility index (Phi) is 4.64. The number of nitrogens with one attached hydrogen (secondary N) is 1. The molecule has 0 fully saturated rings. The van der Waals surface area contributed by atoms with E-state index in [9.17, 15) is 9.59 Å². The SMILES string of the molecule is CCOC(=O)[C@@H]1CCC(c2n[nH]c3c2CCC(C=O)C3)=C[C@@H]1C. The summed E-state index contributed by atoms with van der Waals surface area (Å²) in [6.07, 6.45) is 7.45. The van der Waals surface area contributed by atoms with Gasteiger partial charge in [-0.25, -0.2) is 0 Å². The summed E-state index contributed by atoms with van der Waals surface area (Å²) in [6, 6.07) is 0. The van der Waals surface area contributed by atoms with Crippen LogP contribution in [0.5, 0.6) is 0 Å². The lowest BCUT2D eigenvalue weighted by atomic mass is 9.79. The predicted molar refractivity (Wildman–Crippen MR) is 86.7 cm³/mol. The van der Waals surface area contributed by atoms with Crippen LogP contribution >= 0.6 is 0 Å². The zero-order valence-electron chi connectivity index (χ0n) is 13.8. The van der Waals surface area contributed by atoms with Crippen LogP contribution < -0.4 is 0 Å². The quantitative estimate of drug-likeness (QED) is 0.685. The Balaban J connectivity index is 1.79. The smallest absolute Gasteiger partial charge is 0.309 e. The van der Waals surface area contributed by atoms with Crippen LogP contribution in [0.2, 0.25) is 0 Å². The van der Waals surface area contributed by atoms with Gasteiger partial charge in [-0.05, 0) is 50.5 Å². The van der Waals surface area contributed by atoms with Gasteiger partial charge in [-0.2, -0.15) is 5.10 Å². The number of rotatable bonds is 4. The number of H-pyrrole nitrogens is 1. The summed E-state index contributed by atoms with van der Waals surface area (Å²) in [5.74, 6) is 0.140. The van der Waals surface area contributed by atoms with Crippen LogP contribution in [0.3, 0.4) is 0 Å². The van der Waals surface area contributed by atoms with E-state index < -0.39 is 0 Å². The molecule has 0 saturated carbocycles. The molecule has 1 aromatic rings. The van der Waals surface area contributed by atoms with Gasteiger partial charge in [0, 0.05) is 17.2 Å². The standard InChI is InChI=1S/C18H24N2O3/c1-3-23-18(22)14-7-5-13(8-11(14)2)17-15-6-4-12(10-21)9-16(15)19-20-17/h8,10-12,14H,3-7,9H2,1-2H3,(H,19,20)/t11-,12?,14+/m0/s1. The fraction of sp³-hybridized carbons (Fsp3) is 0.611. The average Bonchev–Trinajstić information content (AvgIpc) is 2.97. The van der Waals surface area contributed by atoms with E-state index in [0.29, 0.717) is 6.61 Å². The zero-order chi connectivity index (χ0) is 16.4. The van der Waals surface area contributed by atoms with Gasteiger partial charge in [0.15, 0.2) is 0 Å². The Morgan fingerprint density at radius 1 is 1.43 bits per heavy atom. The lowest BCUT2D eigenvalue weighted by Crippen LogP contribution is -2.26. The van der Waals surface area contributed by atoms with Crippen LogP contribution in [0, 0.1) is 17.8 Å². The molecule has 0 aliphatic heterocycles. The monoisotopic (exact) mass is 316 g/mol. The zero-order valence-corrected chi connectivity index (χ0v) is 13.8. The van der Waals surface area contributed by atoms with E-state index in [2.05, 4.69) is 23.2 Å². The maximum atomic E-state index is 12.0. The fourth-order valence-electron chi connectivity index (χ4n) is 3.79. The molecule has 124 valence electrons. The Morgan fingerprint density at radius 2 is 2.26 bits per heavy atom. The van der Waals surface area contributed by atoms with Gasteiger partial charge in [0.25, 0.3) is 0 Å². The maximum absolute atomic E-state index is 12.0. The highest BCUT2D eigenvalue weighted by Crippen LogP contribution is 2.37. The molecule has 0 aromatic carbocycles. The normalized spacial score (nSPS) is 27.0. The van der Waals surface area contributed by atoms with Gasteiger partial charge in [0.05, 0.1) is 18.2 Å². The number of aromatic nitrogens is 2. The minimum absolute atomic E-state index is 0.0482. The van der Waals surface area contributed by atoms with Crippen molar-refractivity contribution in [3.05, 3.63) is 23.0 Å². The average molecular weight is 316 g/mol. The number of hydrogen-bond donors (Lipinski definition) is 1. The molecule has 0 radical (unpaired) electrons. The third-order valence-electron chi connectivity index (χ3n) is 5.09. The minimum atomic E-state index is -0.0896. The van der Waals surface area contributed by atoms with E-state index in [-0.39, 0.29) is 23.7 Å². The number of esters is 1. The topological polar surface area (TPSA) is 72.0 Å². The number of ether oxygens (including phenoxy) is 1. The van der Waals surface area contributed by atoms with E-state index in [1.54, 1.807) is 0 Å². The van der Waals surface area contributed by atoms with E-state index in [4.69, 9.17) is 4.74 Å². The molecule has 3 atom stereocenters. The first-order valence-electron chi connectivity index (χ1n) is 8.53. The summed E-state index contributed by atoms with van der Waals surface area (Å²) in [4.78, 5) is 23.0. The second kappa shape index (κ2) is 6.69. The van der Waals surface area contributed by atoms with Crippen LogP contribution in [0.1, 0.15) is 50.1 Å². The Morgan fingerprint density at radius 3 is 2.96 bits per heavy atom. The number of carbonyl (C=O) groups excluding carboxylic acids is 2. The second-order valence-electron chi connectivity index (χ2n) is 6.62. The van der Waals surface area contributed by atoms with Crippen LogP contribution in [0.15, 0.2) is 6.08 Å². The van der Waals surface area contributed by atoms with E-state index in [1.165, 1.54) is 11.1 Å². The number of nitrogens with zero attached hydrogens (tertiary/aromatic N) is 1. The number of fused-ring (bicyclic) bond motifs is 1. The highest BCUT2D eigenvalue weighted by molar-refractivity contribution is 5.76. The first-order chi connectivity index (χ1) is 11.1. The molecule has 0 bridgehead atoms. The van der Waals surface area contributed by atoms with E-state index in [0.717, 1.165) is 49.8 Å². The van der Waals surface area contributed by atoms with Crippen molar-refractivity contribution in [1.29, 1.82) is 0 Å². The summed E-state index contributed by atoms with van der Waals surface area (Å²) >= 11 is 0. The summed E-state index contributed by atoms with van der Waals surface area (Å²) in [6.45, 7) is 4.35. The van der Waals surface area contributed by atoms with Crippen molar-refractivity contribution in [1.82, 2.24) is 10.2 Å². The predicted octanol–water partition coefficient (Wildman–Crippen LogP) is 2.71. The Hall–Kier alpha value is -1.91. The van der Waals surface area contributed by atoms with E-state index in [1.807, 2.05) is 6.92 Å². The second-order valence-corrected chi connectivity index (χ2v) is 6.62. The lowest BCUT2D eigenvalue weighted by Gasteiger charge is -2.26. The van der Waals surface area contributed by atoms with Gasteiger partial charge in [-0.15, -0.1) is 0 Å². The van der Waals surface area contributed by atoms with Crippen molar-refractivity contribution < 1.29 is 14.3 Å². The molecule has 2 aliphatic rings. The number of allylic oxidation sites excluding steroid dienone is 2. The molecule has 5 nitrogen and oxygen atoms in total. The first-order valence-corrected chi connectivity index (χ1v) is 8.53. The highest BCUT2D eigenvalue weighted by atomic mass is 16.5. The molecule has 0 spiro atoms. The number of aldehydes is 1. The number of aromatic amines is 1. The molecule has 3 rings (SSSR count). The molecule has 5 heteroatoms. The summed E-state index contributed by atoms with van der Waals surface area (Å²) < 4.78 is 5.17. The van der Waals surface area contributed by atoms with Gasteiger partial charge < -0.3 is 9.53 Å². The van der Waals surface area contributed by atoms with Gasteiger partial charge in [-0.1, -0.05) is 13.0 Å². The first kappa shape index (κ1) is 16.0. The Bertz CT molecular complexity index is 632. The Labute approximate surface area is 136 Å². The van der Waals surface area contributed by atoms with Crippen molar-refractivity contribution in [2.45, 2.75) is 46.0 Å². The minimum Gasteiger partial charge on any atom is -0.466 e. The summed E-state index contributed by atoms with van der Waals surface area (Å²) in [5, 5.41) is 7.62. The summed E-state index contributed by atoms with van der Waals surface area (Å²) in [5.41, 5.74) is 4.62. The molecule has 2 aliphatic carbocycles. The number of carbonyl (C=O) groups is 2. The molecular weight excluding hydrogens is 292 g/mol. The molecular formula is C18H24N2O3. The maximum Gasteiger partial charge on any atom is 0.309 e. The van der Waals surface area contributed by atoms with Crippen molar-refractivity contribution in [3.8, 4) is 0 Å². The summed E-state index contributed by atoms with van der Waals surface area (Å²) in [7, 11) is 0. The fourth-order valence-corrected chi connectivity index (χ4v) is 3.79. The highest BCUT2D eigenvalue weighted by Gasteiger charge is 2.31. The van der Waals surface area contributed by atoms with Crippen LogP contribution in [-0.2, 0) is 27.2 Å². The van der Waals surface area contributed by atoms with Gasteiger partial charge in [-0.3, -0.25) is 9.89 Å². The molecule has 23 heavy (non-hydrogen) atoms. The molecule has 1 N–H and O–H groups in total.